The van der Waals surface area contributed by atoms with Gasteiger partial charge in [-0.1, -0.05) is 20.8 Å². The fourth-order valence-electron chi connectivity index (χ4n) is 1.09. The van der Waals surface area contributed by atoms with Crippen LogP contribution in [0.1, 0.15) is 32.6 Å². The Morgan fingerprint density at radius 2 is 1.92 bits per heavy atom. The van der Waals surface area contributed by atoms with E-state index in [-0.39, 0.29) is 5.41 Å². The molecule has 0 saturated carbocycles. The zero-order chi connectivity index (χ0) is 10.1. The lowest BCUT2D eigenvalue weighted by Gasteiger charge is -2.28. The minimum absolute atomic E-state index is 0.355. The molecule has 3 heteroatoms. The van der Waals surface area contributed by atoms with Crippen LogP contribution in [0.2, 0.25) is 0 Å². The van der Waals surface area contributed by atoms with Gasteiger partial charge in [-0.05, 0) is 17.5 Å². The average molecular weight is 184 g/mol. The Labute approximate surface area is 78.0 Å². The minimum atomic E-state index is -0.949. The highest BCUT2D eigenvalue weighted by Crippen LogP contribution is 2.29. The van der Waals surface area contributed by atoms with Gasteiger partial charge in [0.25, 0.3) is 0 Å². The summed E-state index contributed by atoms with van der Waals surface area (Å²) in [6.07, 6.45) is -0.290. The van der Waals surface area contributed by atoms with Gasteiger partial charge in [-0.2, -0.15) is 0 Å². The summed E-state index contributed by atoms with van der Waals surface area (Å²) in [6.45, 7) is 5.59. The van der Waals surface area contributed by atoms with Crippen LogP contribution >= 0.6 is 0 Å². The lowest BCUT2D eigenvalue weighted by molar-refractivity contribution is -0.0547. The fourth-order valence-corrected chi connectivity index (χ4v) is 1.09. The second-order valence-corrected chi connectivity index (χ2v) is 4.27. The summed E-state index contributed by atoms with van der Waals surface area (Å²) >= 11 is 0. The summed E-state index contributed by atoms with van der Waals surface area (Å²) < 4.78 is 5.00. The van der Waals surface area contributed by atoms with Crippen LogP contribution in [0.5, 0.6) is 0 Å². The highest BCUT2D eigenvalue weighted by molar-refractivity contribution is 5.04. The molecule has 2 N–H and O–H groups in total. The quantitative estimate of drug-likeness (QED) is 0.735. The van der Waals surface area contributed by atoms with Crippen molar-refractivity contribution in [2.24, 2.45) is 5.41 Å². The van der Waals surface area contributed by atoms with Gasteiger partial charge in [0.05, 0.1) is 12.4 Å². The summed E-state index contributed by atoms with van der Waals surface area (Å²) in [5, 5.41) is 19.4. The lowest BCUT2D eigenvalue weighted by atomic mass is 9.85. The van der Waals surface area contributed by atoms with Crippen LogP contribution in [0.25, 0.3) is 0 Å². The largest absolute Gasteiger partial charge is 0.466 e. The molecule has 1 heterocycles. The van der Waals surface area contributed by atoms with E-state index in [1.54, 1.807) is 12.1 Å². The molecule has 0 spiro atoms. The van der Waals surface area contributed by atoms with E-state index in [1.807, 2.05) is 20.8 Å². The fraction of sp³-hybridized carbons (Fsp3) is 0.600. The minimum Gasteiger partial charge on any atom is -0.466 e. The molecule has 3 nitrogen and oxygen atoms in total. The number of hydrogen-bond acceptors (Lipinski definition) is 3. The molecule has 0 aliphatic rings. The van der Waals surface area contributed by atoms with E-state index < -0.39 is 12.2 Å². The molecule has 1 rings (SSSR count). The Hall–Kier alpha value is -0.800. The van der Waals surface area contributed by atoms with Crippen molar-refractivity contribution in [2.75, 3.05) is 0 Å². The van der Waals surface area contributed by atoms with E-state index in [0.29, 0.717) is 5.76 Å². The van der Waals surface area contributed by atoms with Gasteiger partial charge in [-0.3, -0.25) is 0 Å². The van der Waals surface area contributed by atoms with Crippen molar-refractivity contribution >= 4 is 0 Å². The molecule has 2 unspecified atom stereocenters. The molecule has 0 radical (unpaired) electrons. The van der Waals surface area contributed by atoms with Crippen LogP contribution in [0.3, 0.4) is 0 Å². The number of furan rings is 1. The van der Waals surface area contributed by atoms with Gasteiger partial charge in [-0.25, -0.2) is 0 Å². The maximum atomic E-state index is 9.72. The van der Waals surface area contributed by atoms with Gasteiger partial charge in [0.1, 0.15) is 11.9 Å². The van der Waals surface area contributed by atoms with Crippen LogP contribution in [-0.4, -0.2) is 16.3 Å². The smallest absolute Gasteiger partial charge is 0.138 e. The topological polar surface area (TPSA) is 53.6 Å². The molecule has 0 aliphatic heterocycles. The third kappa shape index (κ3) is 2.32. The Kier molecular flexibility index (Phi) is 2.78. The highest BCUT2D eigenvalue weighted by atomic mass is 16.4. The van der Waals surface area contributed by atoms with Crippen molar-refractivity contribution in [3.05, 3.63) is 24.2 Å². The normalized spacial score (nSPS) is 17.0. The van der Waals surface area contributed by atoms with Crippen molar-refractivity contribution in [3.8, 4) is 0 Å². The Morgan fingerprint density at radius 1 is 1.31 bits per heavy atom. The summed E-state index contributed by atoms with van der Waals surface area (Å²) in [5.74, 6) is 0.405. The molecule has 0 amide bonds. The zero-order valence-electron chi connectivity index (χ0n) is 8.19. The van der Waals surface area contributed by atoms with Crippen molar-refractivity contribution < 1.29 is 14.6 Å². The molecule has 1 aromatic rings. The zero-order valence-corrected chi connectivity index (χ0v) is 8.19. The van der Waals surface area contributed by atoms with Gasteiger partial charge in [-0.15, -0.1) is 0 Å². The summed E-state index contributed by atoms with van der Waals surface area (Å²) in [6, 6.07) is 3.34. The summed E-state index contributed by atoms with van der Waals surface area (Å²) in [4.78, 5) is 0. The lowest BCUT2D eigenvalue weighted by Crippen LogP contribution is -2.32. The van der Waals surface area contributed by atoms with Crippen molar-refractivity contribution in [3.63, 3.8) is 0 Å². The van der Waals surface area contributed by atoms with E-state index in [9.17, 15) is 10.2 Å². The standard InChI is InChI=1S/C10H16O3/c1-10(2,3)9(12)8(11)7-5-4-6-13-7/h4-6,8-9,11-12H,1-3H3. The first kappa shape index (κ1) is 10.3. The maximum absolute atomic E-state index is 9.72. The van der Waals surface area contributed by atoms with Crippen molar-refractivity contribution in [2.45, 2.75) is 33.0 Å². The number of aliphatic hydroxyl groups is 2. The van der Waals surface area contributed by atoms with Gasteiger partial charge in [0.15, 0.2) is 0 Å². The molecule has 1 aromatic heterocycles. The highest BCUT2D eigenvalue weighted by Gasteiger charge is 2.31. The van der Waals surface area contributed by atoms with Gasteiger partial charge >= 0.3 is 0 Å². The first-order chi connectivity index (χ1) is 5.93. The van der Waals surface area contributed by atoms with E-state index in [1.165, 1.54) is 6.26 Å². The molecule has 2 atom stereocenters. The first-order valence-corrected chi connectivity index (χ1v) is 4.32. The number of aliphatic hydroxyl groups excluding tert-OH is 2. The van der Waals surface area contributed by atoms with Crippen LogP contribution in [-0.2, 0) is 0 Å². The van der Waals surface area contributed by atoms with E-state index >= 15 is 0 Å². The Bertz CT molecular complexity index is 246. The second kappa shape index (κ2) is 3.52. The van der Waals surface area contributed by atoms with Crippen molar-refractivity contribution in [1.29, 1.82) is 0 Å². The molecule has 13 heavy (non-hydrogen) atoms. The molecule has 0 aliphatic carbocycles. The predicted molar refractivity (Wildman–Crippen MR) is 49.1 cm³/mol. The predicted octanol–water partition coefficient (Wildman–Crippen LogP) is 1.72. The van der Waals surface area contributed by atoms with Gasteiger partial charge in [0, 0.05) is 0 Å². The Morgan fingerprint density at radius 3 is 2.31 bits per heavy atom. The third-order valence-corrected chi connectivity index (χ3v) is 2.02. The van der Waals surface area contributed by atoms with E-state index in [2.05, 4.69) is 0 Å². The van der Waals surface area contributed by atoms with E-state index in [4.69, 9.17) is 4.42 Å². The van der Waals surface area contributed by atoms with E-state index in [0.717, 1.165) is 0 Å². The van der Waals surface area contributed by atoms with Crippen LogP contribution < -0.4 is 0 Å². The second-order valence-electron chi connectivity index (χ2n) is 4.27. The maximum Gasteiger partial charge on any atom is 0.138 e. The molecule has 0 bridgehead atoms. The first-order valence-electron chi connectivity index (χ1n) is 4.32. The molecule has 74 valence electrons. The number of rotatable bonds is 2. The monoisotopic (exact) mass is 184 g/mol. The SMILES string of the molecule is CC(C)(C)C(O)C(O)c1ccco1. The third-order valence-electron chi connectivity index (χ3n) is 2.02. The Balaban J connectivity index is 2.74. The van der Waals surface area contributed by atoms with Crippen LogP contribution in [0.4, 0.5) is 0 Å². The molecule has 0 aromatic carbocycles. The van der Waals surface area contributed by atoms with Crippen molar-refractivity contribution in [1.82, 2.24) is 0 Å². The molecule has 0 saturated heterocycles. The van der Waals surface area contributed by atoms with Crippen LogP contribution in [0, 0.1) is 5.41 Å². The average Bonchev–Trinajstić information content (AvgIpc) is 2.51. The number of hydrogen-bond donors (Lipinski definition) is 2. The molecular formula is C10H16O3. The van der Waals surface area contributed by atoms with Gasteiger partial charge < -0.3 is 14.6 Å². The summed E-state index contributed by atoms with van der Waals surface area (Å²) in [7, 11) is 0. The molecular weight excluding hydrogens is 168 g/mol. The van der Waals surface area contributed by atoms with Crippen LogP contribution in [0.15, 0.2) is 22.8 Å². The summed E-state index contributed by atoms with van der Waals surface area (Å²) in [5.41, 5.74) is -0.355. The molecule has 0 fully saturated rings. The van der Waals surface area contributed by atoms with Gasteiger partial charge in [0.2, 0.25) is 0 Å².